The van der Waals surface area contributed by atoms with E-state index in [0.29, 0.717) is 6.07 Å². The number of sulfonamides is 1. The first kappa shape index (κ1) is 15.0. The molecular formula is C11H8F3N3O3S. The number of pyridine rings is 2. The van der Waals surface area contributed by atoms with E-state index in [1.807, 2.05) is 4.72 Å². The van der Waals surface area contributed by atoms with E-state index in [1.165, 1.54) is 6.20 Å². The fraction of sp³-hybridized carbons (Fsp3) is 0.0909. The van der Waals surface area contributed by atoms with Gasteiger partial charge in [0.1, 0.15) is 5.69 Å². The van der Waals surface area contributed by atoms with E-state index in [4.69, 9.17) is 0 Å². The Bertz CT molecular complexity index is 798. The number of hydrogen-bond acceptors (Lipinski definition) is 4. The SMILES string of the molecule is O=c1cc[nH]cc1S(=O)(=O)Nc1ccc(C(F)(F)F)nc1. The van der Waals surface area contributed by atoms with Crippen molar-refractivity contribution in [2.24, 2.45) is 0 Å². The maximum Gasteiger partial charge on any atom is 0.433 e. The molecule has 0 unspecified atom stereocenters. The molecule has 0 atom stereocenters. The van der Waals surface area contributed by atoms with Crippen LogP contribution in [0.4, 0.5) is 18.9 Å². The average molecular weight is 319 g/mol. The maximum atomic E-state index is 12.3. The van der Waals surface area contributed by atoms with Crippen LogP contribution in [0.15, 0.2) is 46.5 Å². The van der Waals surface area contributed by atoms with Gasteiger partial charge in [-0.3, -0.25) is 9.52 Å². The highest BCUT2D eigenvalue weighted by Gasteiger charge is 2.32. The molecule has 112 valence electrons. The normalized spacial score (nSPS) is 12.1. The largest absolute Gasteiger partial charge is 0.433 e. The molecule has 0 spiro atoms. The van der Waals surface area contributed by atoms with Crippen molar-refractivity contribution in [1.29, 1.82) is 0 Å². The van der Waals surface area contributed by atoms with Crippen molar-refractivity contribution in [3.63, 3.8) is 0 Å². The fourth-order valence-corrected chi connectivity index (χ4v) is 2.54. The number of nitrogens with zero attached hydrogens (tertiary/aromatic N) is 1. The smallest absolute Gasteiger partial charge is 0.366 e. The molecule has 0 aliphatic heterocycles. The second-order valence-corrected chi connectivity index (χ2v) is 5.56. The number of H-pyrrole nitrogens is 1. The van der Waals surface area contributed by atoms with Crippen molar-refractivity contribution in [2.45, 2.75) is 11.1 Å². The van der Waals surface area contributed by atoms with Gasteiger partial charge in [0, 0.05) is 18.5 Å². The van der Waals surface area contributed by atoms with Crippen molar-refractivity contribution in [2.75, 3.05) is 4.72 Å². The molecule has 21 heavy (non-hydrogen) atoms. The lowest BCUT2D eigenvalue weighted by atomic mass is 10.3. The van der Waals surface area contributed by atoms with Gasteiger partial charge in [-0.15, -0.1) is 0 Å². The zero-order valence-electron chi connectivity index (χ0n) is 10.2. The molecular weight excluding hydrogens is 311 g/mol. The van der Waals surface area contributed by atoms with Crippen LogP contribution in [0.2, 0.25) is 0 Å². The van der Waals surface area contributed by atoms with Gasteiger partial charge >= 0.3 is 6.18 Å². The van der Waals surface area contributed by atoms with E-state index in [-0.39, 0.29) is 5.69 Å². The number of aromatic nitrogens is 2. The minimum Gasteiger partial charge on any atom is -0.366 e. The quantitative estimate of drug-likeness (QED) is 0.898. The van der Waals surface area contributed by atoms with Gasteiger partial charge in [0.05, 0.1) is 11.9 Å². The zero-order valence-corrected chi connectivity index (χ0v) is 11.0. The van der Waals surface area contributed by atoms with Crippen LogP contribution in [0.1, 0.15) is 5.69 Å². The van der Waals surface area contributed by atoms with Gasteiger partial charge in [0.25, 0.3) is 10.0 Å². The van der Waals surface area contributed by atoms with Gasteiger partial charge < -0.3 is 4.98 Å². The van der Waals surface area contributed by atoms with Gasteiger partial charge in [-0.05, 0) is 12.1 Å². The van der Waals surface area contributed by atoms with E-state index in [1.54, 1.807) is 0 Å². The monoisotopic (exact) mass is 319 g/mol. The van der Waals surface area contributed by atoms with Gasteiger partial charge in [0.15, 0.2) is 4.90 Å². The third-order valence-corrected chi connectivity index (χ3v) is 3.79. The Kier molecular flexibility index (Phi) is 3.73. The number of anilines is 1. The highest BCUT2D eigenvalue weighted by molar-refractivity contribution is 7.92. The minimum atomic E-state index is -4.62. The summed E-state index contributed by atoms with van der Waals surface area (Å²) in [5, 5.41) is 0. The van der Waals surface area contributed by atoms with Crippen LogP contribution in [-0.4, -0.2) is 18.4 Å². The van der Waals surface area contributed by atoms with Crippen LogP contribution in [0.5, 0.6) is 0 Å². The van der Waals surface area contributed by atoms with E-state index < -0.39 is 32.2 Å². The average Bonchev–Trinajstić information content (AvgIpc) is 2.38. The van der Waals surface area contributed by atoms with Gasteiger partial charge in [-0.25, -0.2) is 13.4 Å². The first-order valence-electron chi connectivity index (χ1n) is 5.43. The Hall–Kier alpha value is -2.36. The Morgan fingerprint density at radius 3 is 2.43 bits per heavy atom. The second-order valence-electron chi connectivity index (χ2n) is 3.91. The van der Waals surface area contributed by atoms with Gasteiger partial charge in [-0.1, -0.05) is 0 Å². The van der Waals surface area contributed by atoms with E-state index in [2.05, 4.69) is 9.97 Å². The first-order chi connectivity index (χ1) is 9.70. The lowest BCUT2D eigenvalue weighted by molar-refractivity contribution is -0.141. The summed E-state index contributed by atoms with van der Waals surface area (Å²) in [6.07, 6.45) is -1.67. The molecule has 2 aromatic heterocycles. The molecule has 2 heterocycles. The van der Waals surface area contributed by atoms with Gasteiger partial charge in [-0.2, -0.15) is 13.2 Å². The maximum absolute atomic E-state index is 12.3. The molecule has 2 N–H and O–H groups in total. The predicted molar refractivity (Wildman–Crippen MR) is 67.1 cm³/mol. The van der Waals surface area contributed by atoms with Crippen LogP contribution in [-0.2, 0) is 16.2 Å². The van der Waals surface area contributed by atoms with Crippen LogP contribution in [0, 0.1) is 0 Å². The predicted octanol–water partition coefficient (Wildman–Crippen LogP) is 1.59. The van der Waals surface area contributed by atoms with Crippen molar-refractivity contribution in [3.8, 4) is 0 Å². The highest BCUT2D eigenvalue weighted by atomic mass is 32.2. The summed E-state index contributed by atoms with van der Waals surface area (Å²) in [6.45, 7) is 0. The van der Waals surface area contributed by atoms with Crippen molar-refractivity contribution in [3.05, 3.63) is 52.7 Å². The van der Waals surface area contributed by atoms with E-state index in [9.17, 15) is 26.4 Å². The minimum absolute atomic E-state index is 0.189. The standard InChI is InChI=1S/C11H8F3N3O3S/c12-11(13,14)10-2-1-7(5-16-10)17-21(19,20)9-6-15-4-3-8(9)18/h1-6,17H,(H,15,18). The zero-order chi connectivity index (χ0) is 15.7. The third-order valence-electron chi connectivity index (χ3n) is 2.38. The van der Waals surface area contributed by atoms with Crippen LogP contribution >= 0.6 is 0 Å². The molecule has 0 aliphatic carbocycles. The van der Waals surface area contributed by atoms with Crippen LogP contribution in [0.3, 0.4) is 0 Å². The first-order valence-corrected chi connectivity index (χ1v) is 6.92. The molecule has 0 aromatic carbocycles. The summed E-state index contributed by atoms with van der Waals surface area (Å²) in [6, 6.07) is 2.55. The number of nitrogens with one attached hydrogen (secondary N) is 2. The molecule has 0 saturated carbocycles. The summed E-state index contributed by atoms with van der Waals surface area (Å²) >= 11 is 0. The lowest BCUT2D eigenvalue weighted by Crippen LogP contribution is -2.21. The highest BCUT2D eigenvalue weighted by Crippen LogP contribution is 2.28. The fourth-order valence-electron chi connectivity index (χ4n) is 1.44. The Morgan fingerprint density at radius 2 is 1.90 bits per heavy atom. The summed E-state index contributed by atoms with van der Waals surface area (Å²) in [5.41, 5.74) is -2.09. The second kappa shape index (κ2) is 5.20. The molecule has 6 nitrogen and oxygen atoms in total. The number of rotatable bonds is 3. The van der Waals surface area contributed by atoms with Crippen LogP contribution < -0.4 is 10.2 Å². The molecule has 0 bridgehead atoms. The summed E-state index contributed by atoms with van der Waals surface area (Å²) in [7, 11) is -4.21. The molecule has 2 rings (SSSR count). The van der Waals surface area contributed by atoms with Crippen molar-refractivity contribution >= 4 is 15.7 Å². The third kappa shape index (κ3) is 3.40. The molecule has 0 radical (unpaired) electrons. The van der Waals surface area contributed by atoms with Gasteiger partial charge in [0.2, 0.25) is 5.43 Å². The number of halogens is 3. The summed E-state index contributed by atoms with van der Waals surface area (Å²) in [4.78, 5) is 16.4. The molecule has 0 saturated heterocycles. The van der Waals surface area contributed by atoms with Crippen molar-refractivity contribution < 1.29 is 21.6 Å². The lowest BCUT2D eigenvalue weighted by Gasteiger charge is -2.09. The van der Waals surface area contributed by atoms with Crippen molar-refractivity contribution in [1.82, 2.24) is 9.97 Å². The Morgan fingerprint density at radius 1 is 1.19 bits per heavy atom. The summed E-state index contributed by atoms with van der Waals surface area (Å²) < 4.78 is 62.8. The molecule has 0 aliphatic rings. The topological polar surface area (TPSA) is 91.9 Å². The molecule has 0 amide bonds. The van der Waals surface area contributed by atoms with Crippen LogP contribution in [0.25, 0.3) is 0 Å². The number of alkyl halides is 3. The Labute approximate surface area is 116 Å². The Balaban J connectivity index is 2.30. The number of hydrogen-bond donors (Lipinski definition) is 2. The molecule has 0 fully saturated rings. The molecule has 2 aromatic rings. The van der Waals surface area contributed by atoms with E-state index in [0.717, 1.165) is 24.5 Å². The summed E-state index contributed by atoms with van der Waals surface area (Å²) in [5.74, 6) is 0. The number of aromatic amines is 1. The van der Waals surface area contributed by atoms with E-state index >= 15 is 0 Å². The molecule has 10 heteroatoms.